The van der Waals surface area contributed by atoms with E-state index in [1.54, 1.807) is 12.1 Å². The second-order valence-corrected chi connectivity index (χ2v) is 5.32. The molecule has 0 spiro atoms. The van der Waals surface area contributed by atoms with E-state index in [0.717, 1.165) is 10.8 Å². The standard InChI is InChI=1S/C17H11N5O3/c23-13-8-7-10-4-1-2-5-11(10)14(13)16-19-17(21-20-16)15-12(22(24)25)6-3-9-18-15/h1-9,23H,(H,19,20,21). The monoisotopic (exact) mass is 333 g/mol. The number of fused-ring (bicyclic) bond motifs is 1. The Balaban J connectivity index is 1.89. The van der Waals surface area contributed by atoms with Crippen LogP contribution >= 0.6 is 0 Å². The van der Waals surface area contributed by atoms with Crippen molar-refractivity contribution in [2.75, 3.05) is 0 Å². The first kappa shape index (κ1) is 14.8. The average Bonchev–Trinajstić information content (AvgIpc) is 3.11. The fourth-order valence-corrected chi connectivity index (χ4v) is 2.70. The van der Waals surface area contributed by atoms with Gasteiger partial charge < -0.3 is 5.11 Å². The van der Waals surface area contributed by atoms with Crippen molar-refractivity contribution >= 4 is 16.5 Å². The summed E-state index contributed by atoms with van der Waals surface area (Å²) in [5, 5.41) is 29.9. The molecule has 2 aromatic heterocycles. The van der Waals surface area contributed by atoms with Crippen LogP contribution in [0, 0.1) is 10.1 Å². The molecule has 4 rings (SSSR count). The van der Waals surface area contributed by atoms with E-state index >= 15 is 0 Å². The molecule has 0 aliphatic heterocycles. The van der Waals surface area contributed by atoms with Crippen LogP contribution in [0.5, 0.6) is 5.75 Å². The van der Waals surface area contributed by atoms with Crippen LogP contribution in [0.2, 0.25) is 0 Å². The summed E-state index contributed by atoms with van der Waals surface area (Å²) >= 11 is 0. The zero-order chi connectivity index (χ0) is 17.4. The lowest BCUT2D eigenvalue weighted by atomic mass is 10.0. The van der Waals surface area contributed by atoms with Crippen molar-refractivity contribution in [2.45, 2.75) is 0 Å². The van der Waals surface area contributed by atoms with Crippen LogP contribution in [-0.4, -0.2) is 30.2 Å². The average molecular weight is 333 g/mol. The fraction of sp³-hybridized carbons (Fsp3) is 0. The van der Waals surface area contributed by atoms with Gasteiger partial charge in [-0.25, -0.2) is 9.97 Å². The third kappa shape index (κ3) is 2.45. The quantitative estimate of drug-likeness (QED) is 0.439. The summed E-state index contributed by atoms with van der Waals surface area (Å²) in [6.45, 7) is 0. The minimum atomic E-state index is -0.534. The van der Waals surface area contributed by atoms with E-state index in [2.05, 4.69) is 20.2 Å². The van der Waals surface area contributed by atoms with Crippen LogP contribution in [0.15, 0.2) is 54.7 Å². The van der Waals surface area contributed by atoms with E-state index in [9.17, 15) is 15.2 Å². The van der Waals surface area contributed by atoms with Gasteiger partial charge in [-0.05, 0) is 22.9 Å². The van der Waals surface area contributed by atoms with Crippen molar-refractivity contribution in [3.8, 4) is 28.7 Å². The summed E-state index contributed by atoms with van der Waals surface area (Å²) < 4.78 is 0. The van der Waals surface area contributed by atoms with Crippen molar-refractivity contribution in [1.29, 1.82) is 0 Å². The van der Waals surface area contributed by atoms with Gasteiger partial charge in [0, 0.05) is 12.3 Å². The maximum absolute atomic E-state index is 11.2. The minimum absolute atomic E-state index is 0.0388. The van der Waals surface area contributed by atoms with Gasteiger partial charge >= 0.3 is 0 Å². The highest BCUT2D eigenvalue weighted by Gasteiger charge is 2.21. The van der Waals surface area contributed by atoms with E-state index in [0.29, 0.717) is 11.4 Å². The fourth-order valence-electron chi connectivity index (χ4n) is 2.70. The highest BCUT2D eigenvalue weighted by atomic mass is 16.6. The number of benzene rings is 2. The molecule has 0 amide bonds. The molecule has 0 saturated carbocycles. The number of hydrogen-bond donors (Lipinski definition) is 2. The van der Waals surface area contributed by atoms with E-state index in [-0.39, 0.29) is 23.0 Å². The number of phenolic OH excluding ortho intramolecular Hbond substituents is 1. The summed E-state index contributed by atoms with van der Waals surface area (Å²) in [6.07, 6.45) is 1.44. The molecule has 0 aliphatic rings. The smallest absolute Gasteiger partial charge is 0.298 e. The predicted octanol–water partition coefficient (Wildman–Crippen LogP) is 3.30. The van der Waals surface area contributed by atoms with Crippen LogP contribution in [0.1, 0.15) is 0 Å². The third-order valence-corrected chi connectivity index (χ3v) is 3.82. The maximum Gasteiger partial charge on any atom is 0.298 e. The van der Waals surface area contributed by atoms with Gasteiger partial charge in [0.25, 0.3) is 5.69 Å². The number of rotatable bonds is 3. The molecule has 0 saturated heterocycles. The molecule has 0 radical (unpaired) electrons. The number of phenols is 1. The number of aromatic hydroxyl groups is 1. The Morgan fingerprint density at radius 3 is 2.76 bits per heavy atom. The van der Waals surface area contributed by atoms with Crippen molar-refractivity contribution in [3.63, 3.8) is 0 Å². The van der Waals surface area contributed by atoms with Gasteiger partial charge in [-0.3, -0.25) is 15.2 Å². The molecular weight excluding hydrogens is 322 g/mol. The summed E-state index contributed by atoms with van der Waals surface area (Å²) in [5.74, 6) is 0.441. The van der Waals surface area contributed by atoms with E-state index in [1.807, 2.05) is 24.3 Å². The number of pyridine rings is 1. The normalized spacial score (nSPS) is 10.9. The minimum Gasteiger partial charge on any atom is -0.507 e. The molecule has 0 atom stereocenters. The second kappa shape index (κ2) is 5.68. The molecular formula is C17H11N5O3. The van der Waals surface area contributed by atoms with Crippen molar-refractivity contribution < 1.29 is 10.0 Å². The first-order chi connectivity index (χ1) is 12.1. The van der Waals surface area contributed by atoms with Crippen molar-refractivity contribution in [2.24, 2.45) is 0 Å². The molecule has 2 heterocycles. The number of aromatic amines is 1. The van der Waals surface area contributed by atoms with Crippen molar-refractivity contribution in [3.05, 3.63) is 64.8 Å². The Morgan fingerprint density at radius 2 is 1.92 bits per heavy atom. The summed E-state index contributed by atoms with van der Waals surface area (Å²) in [7, 11) is 0. The maximum atomic E-state index is 11.2. The first-order valence-corrected chi connectivity index (χ1v) is 7.38. The van der Waals surface area contributed by atoms with Gasteiger partial charge in [0.15, 0.2) is 11.5 Å². The van der Waals surface area contributed by atoms with Crippen LogP contribution in [0.3, 0.4) is 0 Å². The molecule has 8 nitrogen and oxygen atoms in total. The molecule has 0 bridgehead atoms. The Kier molecular flexibility index (Phi) is 3.35. The Bertz CT molecular complexity index is 1110. The first-order valence-electron chi connectivity index (χ1n) is 7.38. The van der Waals surface area contributed by atoms with Gasteiger partial charge in [-0.15, -0.1) is 0 Å². The number of hydrogen-bond acceptors (Lipinski definition) is 6. The lowest BCUT2D eigenvalue weighted by Gasteiger charge is -2.06. The third-order valence-electron chi connectivity index (χ3n) is 3.82. The van der Waals surface area contributed by atoms with Gasteiger partial charge in [0.1, 0.15) is 5.75 Å². The highest BCUT2D eigenvalue weighted by molar-refractivity contribution is 5.98. The molecule has 122 valence electrons. The number of H-pyrrole nitrogens is 1. The van der Waals surface area contributed by atoms with Crippen LogP contribution in [-0.2, 0) is 0 Å². The SMILES string of the molecule is O=[N+]([O-])c1cccnc1-c1n[nH]c(-c2c(O)ccc3ccccc23)n1. The zero-order valence-electron chi connectivity index (χ0n) is 12.7. The molecule has 0 aliphatic carbocycles. The van der Waals surface area contributed by atoms with E-state index < -0.39 is 4.92 Å². The van der Waals surface area contributed by atoms with E-state index in [4.69, 9.17) is 0 Å². The Hall–Kier alpha value is -3.81. The molecule has 4 aromatic rings. The predicted molar refractivity (Wildman–Crippen MR) is 90.9 cm³/mol. The van der Waals surface area contributed by atoms with Gasteiger partial charge in [-0.1, -0.05) is 30.3 Å². The summed E-state index contributed by atoms with van der Waals surface area (Å²) in [6, 6.07) is 13.7. The largest absolute Gasteiger partial charge is 0.507 e. The zero-order valence-corrected chi connectivity index (χ0v) is 12.7. The topological polar surface area (TPSA) is 118 Å². The Morgan fingerprint density at radius 1 is 1.08 bits per heavy atom. The number of nitro groups is 1. The summed E-state index contributed by atoms with van der Waals surface area (Å²) in [4.78, 5) is 19.0. The lowest BCUT2D eigenvalue weighted by Crippen LogP contribution is -1.95. The Labute approximate surface area is 141 Å². The van der Waals surface area contributed by atoms with Gasteiger partial charge in [0.05, 0.1) is 10.5 Å². The second-order valence-electron chi connectivity index (χ2n) is 5.32. The summed E-state index contributed by atoms with van der Waals surface area (Å²) in [5.41, 5.74) is 0.361. The highest BCUT2D eigenvalue weighted by Crippen LogP contribution is 2.35. The molecule has 0 unspecified atom stereocenters. The van der Waals surface area contributed by atoms with E-state index in [1.165, 1.54) is 18.3 Å². The number of nitrogens with one attached hydrogen (secondary N) is 1. The molecule has 0 fully saturated rings. The number of nitrogens with zero attached hydrogens (tertiary/aromatic N) is 4. The van der Waals surface area contributed by atoms with Crippen LogP contribution in [0.4, 0.5) is 5.69 Å². The van der Waals surface area contributed by atoms with Crippen LogP contribution < -0.4 is 0 Å². The molecule has 8 heteroatoms. The lowest BCUT2D eigenvalue weighted by molar-refractivity contribution is -0.384. The number of aromatic nitrogens is 4. The van der Waals surface area contributed by atoms with Gasteiger partial charge in [-0.2, -0.15) is 5.10 Å². The van der Waals surface area contributed by atoms with Crippen molar-refractivity contribution in [1.82, 2.24) is 20.2 Å². The molecule has 25 heavy (non-hydrogen) atoms. The molecule has 2 N–H and O–H groups in total. The van der Waals surface area contributed by atoms with Crippen LogP contribution in [0.25, 0.3) is 33.7 Å². The molecule has 2 aromatic carbocycles. The van der Waals surface area contributed by atoms with Gasteiger partial charge in [0.2, 0.25) is 5.82 Å².